The lowest BCUT2D eigenvalue weighted by atomic mass is 10.2. The van der Waals surface area contributed by atoms with Gasteiger partial charge in [0, 0.05) is 12.1 Å². The van der Waals surface area contributed by atoms with Crippen LogP contribution in [0.25, 0.3) is 10.9 Å². The second-order valence-corrected chi connectivity index (χ2v) is 3.04. The van der Waals surface area contributed by atoms with Crippen LogP contribution in [-0.2, 0) is 7.05 Å². The first-order chi connectivity index (χ1) is 6.59. The van der Waals surface area contributed by atoms with E-state index in [-0.39, 0.29) is 5.69 Å². The van der Waals surface area contributed by atoms with Crippen LogP contribution in [0.1, 0.15) is 0 Å². The van der Waals surface area contributed by atoms with Gasteiger partial charge in [-0.05, 0) is 6.07 Å². The summed E-state index contributed by atoms with van der Waals surface area (Å²) >= 11 is 0. The van der Waals surface area contributed by atoms with Crippen molar-refractivity contribution in [3.05, 3.63) is 28.3 Å². The Kier molecular flexibility index (Phi) is 1.63. The minimum Gasteiger partial charge on any atom is -0.285 e. The van der Waals surface area contributed by atoms with E-state index >= 15 is 0 Å². The Labute approximate surface area is 79.1 Å². The van der Waals surface area contributed by atoms with Crippen LogP contribution in [0.4, 0.5) is 11.5 Å². The molecule has 0 atom stereocenters. The Morgan fingerprint density at radius 3 is 2.93 bits per heavy atom. The Hall–Kier alpha value is -2.11. The zero-order valence-corrected chi connectivity index (χ0v) is 7.52. The molecule has 3 N–H and O–H groups in total. The minimum absolute atomic E-state index is 0.0550. The quantitative estimate of drug-likeness (QED) is 0.392. The van der Waals surface area contributed by atoms with Crippen molar-refractivity contribution in [3.8, 4) is 0 Å². The molecule has 0 unspecified atom stereocenters. The van der Waals surface area contributed by atoms with Gasteiger partial charge in [0.1, 0.15) is 7.05 Å². The largest absolute Gasteiger partial charge is 0.300 e. The number of aromatic amines is 1. The third kappa shape index (κ3) is 1.08. The van der Waals surface area contributed by atoms with Gasteiger partial charge in [-0.1, -0.05) is 0 Å². The third-order valence-corrected chi connectivity index (χ3v) is 2.14. The number of nitro benzene ring substituents is 1. The Bertz CT molecular complexity index is 517. The molecular formula is C8H9N4O2+. The number of aromatic nitrogens is 2. The van der Waals surface area contributed by atoms with E-state index in [0.717, 1.165) is 5.39 Å². The highest BCUT2D eigenvalue weighted by molar-refractivity contribution is 5.88. The summed E-state index contributed by atoms with van der Waals surface area (Å²) in [5.41, 5.74) is 6.45. The SMILES string of the molecule is C[n+]1[nH]c2cc([N+](=O)[O-])ccc2c1N. The second-order valence-electron chi connectivity index (χ2n) is 3.04. The maximum Gasteiger partial charge on any atom is 0.300 e. The number of rotatable bonds is 1. The zero-order chi connectivity index (χ0) is 10.3. The van der Waals surface area contributed by atoms with Gasteiger partial charge >= 0.3 is 0 Å². The van der Waals surface area contributed by atoms with E-state index in [1.807, 2.05) is 0 Å². The Morgan fingerprint density at radius 2 is 2.29 bits per heavy atom. The van der Waals surface area contributed by atoms with Crippen LogP contribution < -0.4 is 10.4 Å². The zero-order valence-electron chi connectivity index (χ0n) is 7.52. The summed E-state index contributed by atoms with van der Waals surface area (Å²) in [4.78, 5) is 10.1. The summed E-state index contributed by atoms with van der Waals surface area (Å²) < 4.78 is 1.62. The van der Waals surface area contributed by atoms with Gasteiger partial charge in [0.25, 0.3) is 11.5 Å². The van der Waals surface area contributed by atoms with Crippen LogP contribution in [0.2, 0.25) is 0 Å². The molecule has 6 heteroatoms. The van der Waals surface area contributed by atoms with E-state index in [1.165, 1.54) is 12.1 Å². The number of nitrogens with two attached hydrogens (primary N) is 1. The number of aryl methyl sites for hydroxylation is 1. The van der Waals surface area contributed by atoms with Gasteiger partial charge < -0.3 is 0 Å². The Morgan fingerprint density at radius 1 is 1.57 bits per heavy atom. The van der Waals surface area contributed by atoms with Crippen molar-refractivity contribution < 1.29 is 9.61 Å². The summed E-state index contributed by atoms with van der Waals surface area (Å²) in [6.45, 7) is 0. The standard InChI is InChI=1S/C8H8N4O2/c1-11-8(9)6-3-2-5(12(13)14)4-7(6)10-11/h2-4H,1H3,(H2,9,10)/p+1. The summed E-state index contributed by atoms with van der Waals surface area (Å²) in [5.74, 6) is 0.565. The monoisotopic (exact) mass is 193 g/mol. The van der Waals surface area contributed by atoms with Crippen LogP contribution in [0.5, 0.6) is 0 Å². The van der Waals surface area contributed by atoms with Gasteiger partial charge in [0.2, 0.25) is 0 Å². The maximum atomic E-state index is 10.5. The Balaban J connectivity index is 2.73. The van der Waals surface area contributed by atoms with Gasteiger partial charge in [-0.3, -0.25) is 15.8 Å². The van der Waals surface area contributed by atoms with Crippen molar-refractivity contribution >= 4 is 22.4 Å². The van der Waals surface area contributed by atoms with Gasteiger partial charge in [-0.15, -0.1) is 0 Å². The van der Waals surface area contributed by atoms with E-state index in [2.05, 4.69) is 5.10 Å². The molecule has 0 aliphatic rings. The molecule has 0 fully saturated rings. The van der Waals surface area contributed by atoms with Crippen molar-refractivity contribution in [1.29, 1.82) is 0 Å². The fourth-order valence-corrected chi connectivity index (χ4v) is 1.38. The smallest absolute Gasteiger partial charge is 0.285 e. The molecule has 1 aromatic carbocycles. The van der Waals surface area contributed by atoms with E-state index in [9.17, 15) is 10.1 Å². The number of nitro groups is 1. The average molecular weight is 193 g/mol. The molecule has 0 saturated carbocycles. The highest BCUT2D eigenvalue weighted by Gasteiger charge is 2.14. The number of H-pyrrole nitrogens is 1. The van der Waals surface area contributed by atoms with Crippen molar-refractivity contribution in [2.75, 3.05) is 5.73 Å². The normalized spacial score (nSPS) is 10.6. The van der Waals surface area contributed by atoms with Crippen LogP contribution in [0.15, 0.2) is 18.2 Å². The molecule has 0 spiro atoms. The van der Waals surface area contributed by atoms with Crippen LogP contribution in [-0.4, -0.2) is 10.0 Å². The molecule has 0 saturated heterocycles. The van der Waals surface area contributed by atoms with Crippen LogP contribution in [0, 0.1) is 10.1 Å². The minimum atomic E-state index is -0.434. The van der Waals surface area contributed by atoms with E-state index < -0.39 is 4.92 Å². The lowest BCUT2D eigenvalue weighted by molar-refractivity contribution is -0.711. The maximum absolute atomic E-state index is 10.5. The number of benzene rings is 1. The molecular weight excluding hydrogens is 184 g/mol. The van der Waals surface area contributed by atoms with Gasteiger partial charge in [0.15, 0.2) is 0 Å². The molecule has 0 aliphatic carbocycles. The first-order valence-electron chi connectivity index (χ1n) is 4.01. The summed E-state index contributed by atoms with van der Waals surface area (Å²) in [5, 5.41) is 14.2. The molecule has 2 rings (SSSR count). The van der Waals surface area contributed by atoms with Crippen molar-refractivity contribution in [2.24, 2.45) is 7.05 Å². The predicted molar refractivity (Wildman–Crippen MR) is 50.5 cm³/mol. The number of nitrogens with zero attached hydrogens (tertiary/aromatic N) is 2. The predicted octanol–water partition coefficient (Wildman–Crippen LogP) is 0.483. The first-order valence-corrected chi connectivity index (χ1v) is 4.01. The molecule has 0 amide bonds. The summed E-state index contributed by atoms with van der Waals surface area (Å²) in [6.07, 6.45) is 0. The lowest BCUT2D eigenvalue weighted by Crippen LogP contribution is -2.32. The van der Waals surface area contributed by atoms with E-state index in [0.29, 0.717) is 11.3 Å². The van der Waals surface area contributed by atoms with Gasteiger partial charge in [0.05, 0.1) is 15.8 Å². The van der Waals surface area contributed by atoms with E-state index in [1.54, 1.807) is 17.8 Å². The second kappa shape index (κ2) is 2.69. The van der Waals surface area contributed by atoms with Crippen molar-refractivity contribution in [3.63, 3.8) is 0 Å². The lowest BCUT2D eigenvalue weighted by Gasteiger charge is -1.88. The molecule has 72 valence electrons. The molecule has 1 aromatic heterocycles. The molecule has 14 heavy (non-hydrogen) atoms. The molecule has 0 radical (unpaired) electrons. The van der Waals surface area contributed by atoms with E-state index in [4.69, 9.17) is 5.73 Å². The van der Waals surface area contributed by atoms with Gasteiger partial charge in [-0.25, -0.2) is 5.10 Å². The first kappa shape index (κ1) is 8.49. The number of hydrogen-bond acceptors (Lipinski definition) is 3. The number of non-ortho nitro benzene ring substituents is 1. The topological polar surface area (TPSA) is 88.8 Å². The fourth-order valence-electron chi connectivity index (χ4n) is 1.38. The van der Waals surface area contributed by atoms with Crippen LogP contribution >= 0.6 is 0 Å². The van der Waals surface area contributed by atoms with Crippen LogP contribution in [0.3, 0.4) is 0 Å². The van der Waals surface area contributed by atoms with Crippen molar-refractivity contribution in [1.82, 2.24) is 5.10 Å². The number of hydrogen-bond donors (Lipinski definition) is 2. The summed E-state index contributed by atoms with van der Waals surface area (Å²) in [6, 6.07) is 4.54. The molecule has 1 heterocycles. The number of nitrogen functional groups attached to an aromatic ring is 1. The summed E-state index contributed by atoms with van der Waals surface area (Å²) in [7, 11) is 1.75. The number of fused-ring (bicyclic) bond motifs is 1. The fraction of sp³-hybridized carbons (Fsp3) is 0.125. The third-order valence-electron chi connectivity index (χ3n) is 2.14. The average Bonchev–Trinajstić information content (AvgIpc) is 2.42. The van der Waals surface area contributed by atoms with Gasteiger partial charge in [-0.2, -0.15) is 4.68 Å². The molecule has 0 bridgehead atoms. The highest BCUT2D eigenvalue weighted by Crippen LogP contribution is 2.21. The van der Waals surface area contributed by atoms with Crippen molar-refractivity contribution in [2.45, 2.75) is 0 Å². The molecule has 2 aromatic rings. The highest BCUT2D eigenvalue weighted by atomic mass is 16.6. The molecule has 6 nitrogen and oxygen atoms in total. The number of anilines is 1. The number of nitrogens with one attached hydrogen (secondary N) is 1. The molecule has 0 aliphatic heterocycles.